The zero-order valence-corrected chi connectivity index (χ0v) is 13.4. The van der Waals surface area contributed by atoms with Crippen LogP contribution >= 0.6 is 11.6 Å². The lowest BCUT2D eigenvalue weighted by Gasteiger charge is -2.27. The number of hydrogen-bond donors (Lipinski definition) is 3. The third-order valence-electron chi connectivity index (χ3n) is 3.58. The molecule has 3 amide bonds. The first-order valence-corrected chi connectivity index (χ1v) is 7.41. The molecule has 8 heteroatoms. The van der Waals surface area contributed by atoms with Gasteiger partial charge in [0.2, 0.25) is 0 Å². The van der Waals surface area contributed by atoms with Gasteiger partial charge in [-0.05, 0) is 25.5 Å². The minimum absolute atomic E-state index is 0.218. The zero-order valence-electron chi connectivity index (χ0n) is 12.6. The van der Waals surface area contributed by atoms with Crippen LogP contribution in [0.15, 0.2) is 23.4 Å². The van der Waals surface area contributed by atoms with Gasteiger partial charge in [-0.2, -0.15) is 0 Å². The quantitative estimate of drug-likeness (QED) is 0.735. The van der Waals surface area contributed by atoms with Crippen molar-refractivity contribution in [3.8, 4) is 0 Å². The molecular weight excluding hydrogens is 328 g/mol. The summed E-state index contributed by atoms with van der Waals surface area (Å²) in [6, 6.07) is 1.29. The Hall–Kier alpha value is -2.15. The number of carbonyl (C=O) groups is 2. The normalized spacial score (nSPS) is 17.6. The van der Waals surface area contributed by atoms with Gasteiger partial charge >= 0.3 is 6.03 Å². The van der Waals surface area contributed by atoms with Crippen molar-refractivity contribution in [3.05, 3.63) is 45.6 Å². The fourth-order valence-corrected chi connectivity index (χ4v) is 2.57. The molecule has 1 aromatic carbocycles. The Labute approximate surface area is 137 Å². The SMILES string of the molecule is CCC1NC(=O)NC(C)=C1C(=O)NCc1c(F)ccc(Cl)c1F. The van der Waals surface area contributed by atoms with Crippen molar-refractivity contribution in [2.45, 2.75) is 32.9 Å². The second-order valence-corrected chi connectivity index (χ2v) is 5.51. The molecule has 0 spiro atoms. The molecule has 2 rings (SSSR count). The van der Waals surface area contributed by atoms with Crippen LogP contribution in [0.4, 0.5) is 13.6 Å². The Balaban J connectivity index is 2.18. The van der Waals surface area contributed by atoms with Crippen molar-refractivity contribution in [2.75, 3.05) is 0 Å². The second kappa shape index (κ2) is 6.95. The van der Waals surface area contributed by atoms with Crippen molar-refractivity contribution in [2.24, 2.45) is 0 Å². The number of amides is 3. The van der Waals surface area contributed by atoms with Gasteiger partial charge in [0.1, 0.15) is 11.6 Å². The summed E-state index contributed by atoms with van der Waals surface area (Å²) in [6.45, 7) is 3.06. The van der Waals surface area contributed by atoms with E-state index in [0.29, 0.717) is 17.7 Å². The molecule has 1 heterocycles. The Kier molecular flexibility index (Phi) is 5.20. The summed E-state index contributed by atoms with van der Waals surface area (Å²) in [6.07, 6.45) is 0.507. The van der Waals surface area contributed by atoms with Crippen molar-refractivity contribution in [1.82, 2.24) is 16.0 Å². The second-order valence-electron chi connectivity index (χ2n) is 5.10. The lowest BCUT2D eigenvalue weighted by molar-refractivity contribution is -0.118. The number of urea groups is 1. The number of carbonyl (C=O) groups excluding carboxylic acids is 2. The molecule has 0 saturated carbocycles. The lowest BCUT2D eigenvalue weighted by Crippen LogP contribution is -2.51. The molecule has 0 fully saturated rings. The summed E-state index contributed by atoms with van der Waals surface area (Å²) in [5.74, 6) is -2.21. The van der Waals surface area contributed by atoms with E-state index in [0.717, 1.165) is 12.1 Å². The van der Waals surface area contributed by atoms with Gasteiger partial charge in [-0.3, -0.25) is 4.79 Å². The lowest BCUT2D eigenvalue weighted by atomic mass is 10.00. The molecule has 23 heavy (non-hydrogen) atoms. The molecule has 1 aromatic rings. The summed E-state index contributed by atoms with van der Waals surface area (Å²) in [5, 5.41) is 7.37. The summed E-state index contributed by atoms with van der Waals surface area (Å²) in [5.41, 5.74) is 0.421. The van der Waals surface area contributed by atoms with Gasteiger partial charge in [0, 0.05) is 17.8 Å². The Morgan fingerprint density at radius 1 is 1.39 bits per heavy atom. The van der Waals surface area contributed by atoms with Crippen molar-refractivity contribution < 1.29 is 18.4 Å². The largest absolute Gasteiger partial charge is 0.348 e. The minimum atomic E-state index is -0.903. The van der Waals surface area contributed by atoms with Gasteiger partial charge in [-0.25, -0.2) is 13.6 Å². The first-order valence-electron chi connectivity index (χ1n) is 7.04. The van der Waals surface area contributed by atoms with E-state index in [4.69, 9.17) is 11.6 Å². The molecule has 0 saturated heterocycles. The number of hydrogen-bond acceptors (Lipinski definition) is 2. The fourth-order valence-electron chi connectivity index (χ4n) is 2.40. The van der Waals surface area contributed by atoms with Gasteiger partial charge in [0.15, 0.2) is 0 Å². The van der Waals surface area contributed by atoms with Gasteiger partial charge in [-0.1, -0.05) is 18.5 Å². The molecule has 0 bridgehead atoms. The molecule has 0 aliphatic carbocycles. The zero-order chi connectivity index (χ0) is 17.1. The Morgan fingerprint density at radius 3 is 2.74 bits per heavy atom. The summed E-state index contributed by atoms with van der Waals surface area (Å²) < 4.78 is 27.5. The van der Waals surface area contributed by atoms with Gasteiger partial charge in [0.05, 0.1) is 16.6 Å². The Morgan fingerprint density at radius 2 is 2.09 bits per heavy atom. The molecule has 1 aliphatic rings. The van der Waals surface area contributed by atoms with Crippen LogP contribution in [-0.4, -0.2) is 18.0 Å². The maximum atomic E-state index is 13.8. The minimum Gasteiger partial charge on any atom is -0.348 e. The van der Waals surface area contributed by atoms with Crippen LogP contribution in [0.3, 0.4) is 0 Å². The molecule has 0 radical (unpaired) electrons. The number of allylic oxidation sites excluding steroid dienone is 1. The monoisotopic (exact) mass is 343 g/mol. The molecule has 1 aliphatic heterocycles. The number of halogens is 3. The molecule has 1 unspecified atom stereocenters. The number of benzene rings is 1. The summed E-state index contributed by atoms with van der Waals surface area (Å²) in [4.78, 5) is 23.7. The van der Waals surface area contributed by atoms with Crippen LogP contribution in [0, 0.1) is 11.6 Å². The highest BCUT2D eigenvalue weighted by atomic mass is 35.5. The highest BCUT2D eigenvalue weighted by molar-refractivity contribution is 6.30. The maximum Gasteiger partial charge on any atom is 0.319 e. The molecule has 0 aromatic heterocycles. The number of nitrogens with one attached hydrogen (secondary N) is 3. The van der Waals surface area contributed by atoms with Crippen LogP contribution < -0.4 is 16.0 Å². The molecule has 3 N–H and O–H groups in total. The first-order chi connectivity index (χ1) is 10.8. The standard InChI is InChI=1S/C15H16ClF2N3O2/c1-3-11-12(7(2)20-15(23)21-11)14(22)19-6-8-10(17)5-4-9(16)13(8)18/h4-5,11H,3,6H2,1-2H3,(H,19,22)(H2,20,21,23). The van der Waals surface area contributed by atoms with Crippen LogP contribution in [-0.2, 0) is 11.3 Å². The van der Waals surface area contributed by atoms with Gasteiger partial charge in [-0.15, -0.1) is 0 Å². The molecule has 5 nitrogen and oxygen atoms in total. The molecule has 1 atom stereocenters. The van der Waals surface area contributed by atoms with E-state index in [1.54, 1.807) is 6.92 Å². The van der Waals surface area contributed by atoms with Crippen molar-refractivity contribution in [1.29, 1.82) is 0 Å². The van der Waals surface area contributed by atoms with Crippen molar-refractivity contribution in [3.63, 3.8) is 0 Å². The first kappa shape index (κ1) is 17.2. The van der Waals surface area contributed by atoms with E-state index in [1.165, 1.54) is 0 Å². The van der Waals surface area contributed by atoms with Crippen LogP contribution in [0.5, 0.6) is 0 Å². The third-order valence-corrected chi connectivity index (χ3v) is 3.87. The number of rotatable bonds is 4. The maximum absolute atomic E-state index is 13.8. The summed E-state index contributed by atoms with van der Waals surface area (Å²) in [7, 11) is 0. The average molecular weight is 344 g/mol. The van der Waals surface area contributed by atoms with E-state index in [1.807, 2.05) is 6.92 Å². The average Bonchev–Trinajstić information content (AvgIpc) is 2.50. The fraction of sp³-hybridized carbons (Fsp3) is 0.333. The third kappa shape index (κ3) is 3.61. The molecular formula is C15H16ClF2N3O2. The van der Waals surface area contributed by atoms with Crippen LogP contribution in [0.1, 0.15) is 25.8 Å². The highest BCUT2D eigenvalue weighted by Gasteiger charge is 2.28. The van der Waals surface area contributed by atoms with Crippen LogP contribution in [0.25, 0.3) is 0 Å². The van der Waals surface area contributed by atoms with Gasteiger partial charge < -0.3 is 16.0 Å². The van der Waals surface area contributed by atoms with Crippen LogP contribution in [0.2, 0.25) is 5.02 Å². The topological polar surface area (TPSA) is 70.2 Å². The van der Waals surface area contributed by atoms with E-state index < -0.39 is 29.6 Å². The predicted molar refractivity (Wildman–Crippen MR) is 81.7 cm³/mol. The van der Waals surface area contributed by atoms with Gasteiger partial charge in [0.25, 0.3) is 5.91 Å². The predicted octanol–water partition coefficient (Wildman–Crippen LogP) is 2.60. The highest BCUT2D eigenvalue weighted by Crippen LogP contribution is 2.21. The smallest absolute Gasteiger partial charge is 0.319 e. The molecule has 124 valence electrons. The van der Waals surface area contributed by atoms with E-state index >= 15 is 0 Å². The van der Waals surface area contributed by atoms with E-state index in [-0.39, 0.29) is 17.1 Å². The van der Waals surface area contributed by atoms with E-state index in [2.05, 4.69) is 16.0 Å². The van der Waals surface area contributed by atoms with E-state index in [9.17, 15) is 18.4 Å². The van der Waals surface area contributed by atoms with Crippen molar-refractivity contribution >= 4 is 23.5 Å². The Bertz CT molecular complexity index is 692. The summed E-state index contributed by atoms with van der Waals surface area (Å²) >= 11 is 5.61.